The summed E-state index contributed by atoms with van der Waals surface area (Å²) >= 11 is 0. The molecule has 1 N–H and O–H groups in total. The molecule has 0 bridgehead atoms. The Morgan fingerprint density at radius 3 is 2.81 bits per heavy atom. The van der Waals surface area contributed by atoms with Crippen LogP contribution >= 0.6 is 0 Å². The van der Waals surface area contributed by atoms with Gasteiger partial charge in [0.25, 0.3) is 5.71 Å². The highest BCUT2D eigenvalue weighted by molar-refractivity contribution is 5.81. The van der Waals surface area contributed by atoms with Gasteiger partial charge in [0, 0.05) is 38.0 Å². The summed E-state index contributed by atoms with van der Waals surface area (Å²) in [6.07, 6.45) is 5.86. The first-order valence-electron chi connectivity index (χ1n) is 6.75. The summed E-state index contributed by atoms with van der Waals surface area (Å²) in [6.45, 7) is 5.69. The predicted molar refractivity (Wildman–Crippen MR) is 77.9 cm³/mol. The first-order chi connectivity index (χ1) is 10.1. The molecule has 0 aromatic carbocycles. The van der Waals surface area contributed by atoms with E-state index in [1.807, 2.05) is 6.92 Å². The van der Waals surface area contributed by atoms with E-state index in [1.165, 1.54) is 0 Å². The van der Waals surface area contributed by atoms with Crippen LogP contribution in [0.25, 0.3) is 11.2 Å². The van der Waals surface area contributed by atoms with E-state index in [4.69, 9.17) is 4.42 Å². The summed E-state index contributed by atoms with van der Waals surface area (Å²) in [5.74, 6) is 1.91. The molecule has 7 heteroatoms. The average Bonchev–Trinajstić information content (AvgIpc) is 2.80. The Labute approximate surface area is 121 Å². The number of anilines is 1. The lowest BCUT2D eigenvalue weighted by Gasteiger charge is -2.14. The lowest BCUT2D eigenvalue weighted by Crippen LogP contribution is -2.20. The van der Waals surface area contributed by atoms with Gasteiger partial charge in [0.05, 0.1) is 5.69 Å². The second-order valence-electron chi connectivity index (χ2n) is 4.95. The highest BCUT2D eigenvalue weighted by Gasteiger charge is 2.14. The van der Waals surface area contributed by atoms with Crippen LogP contribution in [0.5, 0.6) is 0 Å². The third-order valence-electron chi connectivity index (χ3n) is 2.99. The van der Waals surface area contributed by atoms with Gasteiger partial charge in [-0.2, -0.15) is 4.98 Å². The smallest absolute Gasteiger partial charge is 0.252 e. The van der Waals surface area contributed by atoms with Crippen LogP contribution in [-0.2, 0) is 6.42 Å². The Morgan fingerprint density at radius 2 is 2.05 bits per heavy atom. The standard InChI is InChI=1S/C14H16N6O/c1-8(6-11-7-15-4-5-16-11)17-13-12-14(19-9(2)18-13)21-10(3)20-12/h4-5,7-8H,6H2,1-3H3,(H,17,18,19)/t8-/m0/s1. The van der Waals surface area contributed by atoms with Crippen LogP contribution in [0.2, 0.25) is 0 Å². The van der Waals surface area contributed by atoms with Crippen molar-refractivity contribution in [3.8, 4) is 0 Å². The molecule has 0 amide bonds. The van der Waals surface area contributed by atoms with Crippen LogP contribution < -0.4 is 5.32 Å². The highest BCUT2D eigenvalue weighted by atomic mass is 16.4. The summed E-state index contributed by atoms with van der Waals surface area (Å²) in [7, 11) is 0. The van der Waals surface area contributed by atoms with Crippen molar-refractivity contribution < 1.29 is 4.42 Å². The molecule has 3 rings (SSSR count). The van der Waals surface area contributed by atoms with Gasteiger partial charge in [-0.05, 0) is 13.8 Å². The molecule has 3 aromatic rings. The van der Waals surface area contributed by atoms with Crippen LogP contribution in [0, 0.1) is 13.8 Å². The van der Waals surface area contributed by atoms with Gasteiger partial charge in [0.1, 0.15) is 5.82 Å². The molecule has 0 aliphatic carbocycles. The molecule has 0 saturated heterocycles. The van der Waals surface area contributed by atoms with Crippen LogP contribution in [0.15, 0.2) is 23.0 Å². The van der Waals surface area contributed by atoms with Crippen molar-refractivity contribution in [2.24, 2.45) is 0 Å². The van der Waals surface area contributed by atoms with E-state index >= 15 is 0 Å². The Balaban J connectivity index is 1.84. The van der Waals surface area contributed by atoms with E-state index in [9.17, 15) is 0 Å². The molecule has 1 atom stereocenters. The van der Waals surface area contributed by atoms with Gasteiger partial charge in [-0.25, -0.2) is 9.97 Å². The lowest BCUT2D eigenvalue weighted by atomic mass is 10.2. The first-order valence-corrected chi connectivity index (χ1v) is 6.75. The van der Waals surface area contributed by atoms with Crippen LogP contribution in [-0.4, -0.2) is 31.0 Å². The number of nitrogens with zero attached hydrogens (tertiary/aromatic N) is 5. The SMILES string of the molecule is Cc1nc(N[C@@H](C)Cc2cnccn2)c2nc(C)oc2n1. The van der Waals surface area contributed by atoms with Crippen molar-refractivity contribution in [3.63, 3.8) is 0 Å². The van der Waals surface area contributed by atoms with Crippen molar-refractivity contribution in [2.75, 3.05) is 5.32 Å². The second-order valence-corrected chi connectivity index (χ2v) is 4.95. The number of rotatable bonds is 4. The van der Waals surface area contributed by atoms with Crippen LogP contribution in [0.1, 0.15) is 24.3 Å². The number of oxazole rings is 1. The zero-order chi connectivity index (χ0) is 14.8. The predicted octanol–water partition coefficient (Wildman–Crippen LogP) is 2.07. The molecule has 3 aromatic heterocycles. The van der Waals surface area contributed by atoms with Crippen molar-refractivity contribution in [3.05, 3.63) is 36.0 Å². The lowest BCUT2D eigenvalue weighted by molar-refractivity contribution is 0.550. The minimum Gasteiger partial charge on any atom is -0.422 e. The van der Waals surface area contributed by atoms with E-state index < -0.39 is 0 Å². The molecule has 7 nitrogen and oxygen atoms in total. The van der Waals surface area contributed by atoms with E-state index in [1.54, 1.807) is 25.5 Å². The molecule has 0 saturated carbocycles. The van der Waals surface area contributed by atoms with Gasteiger partial charge in [-0.15, -0.1) is 0 Å². The fraction of sp³-hybridized carbons (Fsp3) is 0.357. The largest absolute Gasteiger partial charge is 0.422 e. The van der Waals surface area contributed by atoms with E-state index in [0.29, 0.717) is 28.8 Å². The molecule has 0 aliphatic rings. The quantitative estimate of drug-likeness (QED) is 0.784. The molecular weight excluding hydrogens is 268 g/mol. The molecule has 0 aliphatic heterocycles. The molecule has 3 heterocycles. The second kappa shape index (κ2) is 5.43. The summed E-state index contributed by atoms with van der Waals surface area (Å²) in [5, 5.41) is 3.35. The molecule has 108 valence electrons. The number of aryl methyl sites for hydroxylation is 2. The van der Waals surface area contributed by atoms with Crippen molar-refractivity contribution in [1.29, 1.82) is 0 Å². The first kappa shape index (κ1) is 13.4. The van der Waals surface area contributed by atoms with Crippen LogP contribution in [0.3, 0.4) is 0 Å². The van der Waals surface area contributed by atoms with Gasteiger partial charge in [-0.1, -0.05) is 0 Å². The fourth-order valence-corrected chi connectivity index (χ4v) is 2.17. The third-order valence-corrected chi connectivity index (χ3v) is 2.99. The molecule has 21 heavy (non-hydrogen) atoms. The van der Waals surface area contributed by atoms with Crippen molar-refractivity contribution in [1.82, 2.24) is 24.9 Å². The van der Waals surface area contributed by atoms with Gasteiger partial charge in [0.15, 0.2) is 17.2 Å². The van der Waals surface area contributed by atoms with E-state index in [0.717, 1.165) is 12.1 Å². The Morgan fingerprint density at radius 1 is 1.19 bits per heavy atom. The Hall–Kier alpha value is -2.57. The van der Waals surface area contributed by atoms with Gasteiger partial charge >= 0.3 is 0 Å². The van der Waals surface area contributed by atoms with Gasteiger partial charge in [-0.3, -0.25) is 9.97 Å². The summed E-state index contributed by atoms with van der Waals surface area (Å²) in [6, 6.07) is 0.135. The van der Waals surface area contributed by atoms with Gasteiger partial charge < -0.3 is 9.73 Å². The summed E-state index contributed by atoms with van der Waals surface area (Å²) in [5.41, 5.74) is 2.09. The third kappa shape index (κ3) is 2.96. The number of fused-ring (bicyclic) bond motifs is 1. The molecule has 0 unspecified atom stereocenters. The molecule has 0 radical (unpaired) electrons. The monoisotopic (exact) mass is 284 g/mol. The van der Waals surface area contributed by atoms with Gasteiger partial charge in [0.2, 0.25) is 0 Å². The number of nitrogens with one attached hydrogen (secondary N) is 1. The van der Waals surface area contributed by atoms with Crippen molar-refractivity contribution in [2.45, 2.75) is 33.2 Å². The average molecular weight is 284 g/mol. The minimum atomic E-state index is 0.135. The van der Waals surface area contributed by atoms with Crippen molar-refractivity contribution >= 4 is 17.0 Å². The summed E-state index contributed by atoms with van der Waals surface area (Å²) in [4.78, 5) is 21.3. The number of hydrogen-bond acceptors (Lipinski definition) is 7. The highest BCUT2D eigenvalue weighted by Crippen LogP contribution is 2.21. The maximum Gasteiger partial charge on any atom is 0.252 e. The molecule has 0 fully saturated rings. The topological polar surface area (TPSA) is 89.6 Å². The fourth-order valence-electron chi connectivity index (χ4n) is 2.17. The Kier molecular flexibility index (Phi) is 3.47. The molecular formula is C14H16N6O. The zero-order valence-electron chi connectivity index (χ0n) is 12.2. The van der Waals surface area contributed by atoms with E-state index in [-0.39, 0.29) is 6.04 Å². The summed E-state index contributed by atoms with van der Waals surface area (Å²) < 4.78 is 5.46. The maximum absolute atomic E-state index is 5.46. The number of hydrogen-bond donors (Lipinski definition) is 1. The maximum atomic E-state index is 5.46. The zero-order valence-corrected chi connectivity index (χ0v) is 12.2. The molecule has 0 spiro atoms. The minimum absolute atomic E-state index is 0.135. The number of aromatic nitrogens is 5. The van der Waals surface area contributed by atoms with E-state index in [2.05, 4.69) is 37.2 Å². The normalized spacial score (nSPS) is 12.5. The Bertz CT molecular complexity index is 755. The van der Waals surface area contributed by atoms with Crippen LogP contribution in [0.4, 0.5) is 5.82 Å².